The fraction of sp³-hybridized carbons (Fsp3) is 0.320. The molecule has 33 heavy (non-hydrogen) atoms. The lowest BCUT2D eigenvalue weighted by Crippen LogP contribution is -2.34. The third kappa shape index (κ3) is 8.22. The summed E-state index contributed by atoms with van der Waals surface area (Å²) in [5.41, 5.74) is 1.63. The molecule has 0 radical (unpaired) electrons. The van der Waals surface area contributed by atoms with Gasteiger partial charge in [-0.25, -0.2) is 0 Å². The highest BCUT2D eigenvalue weighted by Gasteiger charge is 2.10. The summed E-state index contributed by atoms with van der Waals surface area (Å²) in [5.74, 6) is 1.11. The van der Waals surface area contributed by atoms with Crippen LogP contribution in [0.3, 0.4) is 0 Å². The lowest BCUT2D eigenvalue weighted by molar-refractivity contribution is -0.123. The summed E-state index contributed by atoms with van der Waals surface area (Å²) in [5, 5.41) is 14.9. The molecule has 0 fully saturated rings. The molecule has 2 aromatic rings. The Morgan fingerprint density at radius 2 is 1.76 bits per heavy atom. The Morgan fingerprint density at radius 3 is 2.36 bits per heavy atom. The van der Waals surface area contributed by atoms with Crippen LogP contribution in [0.4, 0.5) is 0 Å². The number of hydrogen-bond acceptors (Lipinski definition) is 6. The number of hydrogen-bond donors (Lipinski definition) is 2. The van der Waals surface area contributed by atoms with Gasteiger partial charge in [-0.1, -0.05) is 18.2 Å². The molecular weight excluding hydrogens is 422 g/mol. The van der Waals surface area contributed by atoms with E-state index in [0.29, 0.717) is 35.8 Å². The lowest BCUT2D eigenvalue weighted by Gasteiger charge is -2.10. The average Bonchev–Trinajstić information content (AvgIpc) is 2.81. The summed E-state index contributed by atoms with van der Waals surface area (Å²) in [7, 11) is 3.14. The van der Waals surface area contributed by atoms with Crippen molar-refractivity contribution in [3.05, 3.63) is 59.2 Å². The second-order valence-corrected chi connectivity index (χ2v) is 7.44. The zero-order chi connectivity index (χ0) is 24.2. The molecule has 0 heterocycles. The normalized spacial score (nSPS) is 10.8. The Morgan fingerprint density at radius 1 is 1.06 bits per heavy atom. The van der Waals surface area contributed by atoms with E-state index in [1.54, 1.807) is 44.6 Å². The van der Waals surface area contributed by atoms with Crippen LogP contribution in [0.1, 0.15) is 25.0 Å². The summed E-state index contributed by atoms with van der Waals surface area (Å²) in [6, 6.07) is 14.3. The summed E-state index contributed by atoms with van der Waals surface area (Å²) < 4.78 is 15.9. The monoisotopic (exact) mass is 451 g/mol. The lowest BCUT2D eigenvalue weighted by atomic mass is 10.1. The van der Waals surface area contributed by atoms with Crippen LogP contribution < -0.4 is 24.8 Å². The first-order valence-electron chi connectivity index (χ1n) is 10.5. The molecule has 174 valence electrons. The first kappa shape index (κ1) is 25.3. The molecule has 0 spiro atoms. The van der Waals surface area contributed by atoms with Crippen LogP contribution in [0.2, 0.25) is 0 Å². The van der Waals surface area contributed by atoms with Gasteiger partial charge in [-0.2, -0.15) is 5.26 Å². The van der Waals surface area contributed by atoms with E-state index in [-0.39, 0.29) is 24.1 Å². The number of nitrogens with zero attached hydrogens (tertiary/aromatic N) is 1. The number of methoxy groups -OCH3 is 2. The first-order valence-corrected chi connectivity index (χ1v) is 10.5. The van der Waals surface area contributed by atoms with Gasteiger partial charge in [0.15, 0.2) is 18.1 Å². The Balaban J connectivity index is 1.91. The van der Waals surface area contributed by atoms with E-state index < -0.39 is 5.91 Å². The minimum absolute atomic E-state index is 0.00714. The maximum Gasteiger partial charge on any atom is 0.261 e. The highest BCUT2D eigenvalue weighted by molar-refractivity contribution is 6.01. The number of amides is 2. The third-order valence-corrected chi connectivity index (χ3v) is 4.52. The maximum absolute atomic E-state index is 12.4. The maximum atomic E-state index is 12.4. The second kappa shape index (κ2) is 12.8. The zero-order valence-corrected chi connectivity index (χ0v) is 19.3. The number of carbonyl (C=O) groups is 2. The Kier molecular flexibility index (Phi) is 9.78. The summed E-state index contributed by atoms with van der Waals surface area (Å²) in [6.45, 7) is 4.02. The number of nitriles is 1. The molecule has 2 N–H and O–H groups in total. The van der Waals surface area contributed by atoms with Crippen LogP contribution in [0.15, 0.2) is 48.0 Å². The van der Waals surface area contributed by atoms with E-state index in [4.69, 9.17) is 14.2 Å². The standard InChI is InChI=1S/C25H29N3O5/c1-17(2)28-24(29)16-33-21-8-5-18(6-9-21)13-20(15-26)25(30)27-12-11-19-7-10-22(31-3)23(14-19)32-4/h5-10,13-14,17H,11-12,16H2,1-4H3,(H,27,30)(H,28,29)/b20-13+. The van der Waals surface area contributed by atoms with Crippen molar-refractivity contribution >= 4 is 17.9 Å². The van der Waals surface area contributed by atoms with E-state index in [0.717, 1.165) is 5.56 Å². The minimum Gasteiger partial charge on any atom is -0.493 e. The van der Waals surface area contributed by atoms with Gasteiger partial charge in [0.2, 0.25) is 0 Å². The number of nitrogens with one attached hydrogen (secondary N) is 2. The van der Waals surface area contributed by atoms with Crippen molar-refractivity contribution in [2.24, 2.45) is 0 Å². The first-order chi connectivity index (χ1) is 15.9. The molecule has 2 aromatic carbocycles. The SMILES string of the molecule is COc1ccc(CCNC(=O)/C(C#N)=C/c2ccc(OCC(=O)NC(C)C)cc2)cc1OC. The number of carbonyl (C=O) groups excluding carboxylic acids is 2. The number of benzene rings is 2. The van der Waals surface area contributed by atoms with Crippen LogP contribution in [0.5, 0.6) is 17.2 Å². The molecule has 0 bridgehead atoms. The molecule has 2 amide bonds. The van der Waals surface area contributed by atoms with Crippen molar-refractivity contribution < 1.29 is 23.8 Å². The van der Waals surface area contributed by atoms with Crippen molar-refractivity contribution in [3.63, 3.8) is 0 Å². The summed E-state index contributed by atoms with van der Waals surface area (Å²) >= 11 is 0. The summed E-state index contributed by atoms with van der Waals surface area (Å²) in [6.07, 6.45) is 2.07. The van der Waals surface area contributed by atoms with Crippen LogP contribution in [-0.2, 0) is 16.0 Å². The molecule has 0 saturated heterocycles. The van der Waals surface area contributed by atoms with Crippen molar-refractivity contribution in [1.82, 2.24) is 10.6 Å². The van der Waals surface area contributed by atoms with Gasteiger partial charge in [-0.3, -0.25) is 9.59 Å². The minimum atomic E-state index is -0.455. The van der Waals surface area contributed by atoms with Crippen molar-refractivity contribution in [2.45, 2.75) is 26.3 Å². The van der Waals surface area contributed by atoms with Gasteiger partial charge in [0.05, 0.1) is 14.2 Å². The van der Waals surface area contributed by atoms with Gasteiger partial charge >= 0.3 is 0 Å². The predicted molar refractivity (Wildman–Crippen MR) is 125 cm³/mol. The third-order valence-electron chi connectivity index (χ3n) is 4.52. The largest absolute Gasteiger partial charge is 0.493 e. The molecule has 0 aromatic heterocycles. The smallest absolute Gasteiger partial charge is 0.261 e. The molecule has 0 unspecified atom stereocenters. The zero-order valence-electron chi connectivity index (χ0n) is 19.3. The molecule has 0 saturated carbocycles. The van der Waals surface area contributed by atoms with Gasteiger partial charge < -0.3 is 24.8 Å². The molecule has 8 heteroatoms. The van der Waals surface area contributed by atoms with Gasteiger partial charge in [0, 0.05) is 12.6 Å². The van der Waals surface area contributed by atoms with Gasteiger partial charge in [-0.05, 0) is 61.7 Å². The highest BCUT2D eigenvalue weighted by Crippen LogP contribution is 2.27. The Bertz CT molecular complexity index is 1020. The molecular formula is C25H29N3O5. The molecule has 0 aliphatic heterocycles. The van der Waals surface area contributed by atoms with Crippen LogP contribution >= 0.6 is 0 Å². The van der Waals surface area contributed by atoms with E-state index in [1.165, 1.54) is 6.08 Å². The number of ether oxygens (including phenoxy) is 3. The molecule has 0 aliphatic rings. The molecule has 0 atom stereocenters. The number of rotatable bonds is 11. The molecule has 2 rings (SSSR count). The van der Waals surface area contributed by atoms with Gasteiger partial charge in [0.1, 0.15) is 17.4 Å². The summed E-state index contributed by atoms with van der Waals surface area (Å²) in [4.78, 5) is 24.1. The molecule has 0 aliphatic carbocycles. The van der Waals surface area contributed by atoms with Crippen LogP contribution in [-0.4, -0.2) is 45.2 Å². The average molecular weight is 452 g/mol. The van der Waals surface area contributed by atoms with E-state index in [9.17, 15) is 14.9 Å². The van der Waals surface area contributed by atoms with Crippen LogP contribution in [0.25, 0.3) is 6.08 Å². The Labute approximate surface area is 194 Å². The van der Waals surface area contributed by atoms with Gasteiger partial charge in [0.25, 0.3) is 11.8 Å². The predicted octanol–water partition coefficient (Wildman–Crippen LogP) is 2.87. The van der Waals surface area contributed by atoms with Crippen molar-refractivity contribution in [2.75, 3.05) is 27.4 Å². The van der Waals surface area contributed by atoms with Gasteiger partial charge in [-0.15, -0.1) is 0 Å². The Hall–Kier alpha value is -3.99. The second-order valence-electron chi connectivity index (χ2n) is 7.44. The highest BCUT2D eigenvalue weighted by atomic mass is 16.5. The van der Waals surface area contributed by atoms with E-state index in [1.807, 2.05) is 32.0 Å². The van der Waals surface area contributed by atoms with Crippen molar-refractivity contribution in [3.8, 4) is 23.3 Å². The quantitative estimate of drug-likeness (QED) is 0.402. The molecule has 8 nitrogen and oxygen atoms in total. The van der Waals surface area contributed by atoms with Crippen molar-refractivity contribution in [1.29, 1.82) is 5.26 Å². The topological polar surface area (TPSA) is 110 Å². The van der Waals surface area contributed by atoms with E-state index >= 15 is 0 Å². The van der Waals surface area contributed by atoms with E-state index in [2.05, 4.69) is 10.6 Å². The fourth-order valence-electron chi connectivity index (χ4n) is 2.94. The van der Waals surface area contributed by atoms with Crippen LogP contribution in [0, 0.1) is 11.3 Å². The fourth-order valence-corrected chi connectivity index (χ4v) is 2.94.